The third-order valence-corrected chi connectivity index (χ3v) is 3.82. The maximum absolute atomic E-state index is 12.4. The number of hydrogen-bond donors (Lipinski definition) is 3. The Bertz CT molecular complexity index is 671. The molecule has 2 rings (SSSR count). The molecule has 7 nitrogen and oxygen atoms in total. The molecule has 4 N–H and O–H groups in total. The Morgan fingerprint density at radius 3 is 2.95 bits per heavy atom. The lowest BCUT2D eigenvalue weighted by molar-refractivity contribution is -0.0773. The van der Waals surface area contributed by atoms with E-state index in [1.807, 2.05) is 0 Å². The number of rotatable bonds is 2. The monoisotopic (exact) mass is 331 g/mol. The molecule has 1 aromatic heterocycles. The van der Waals surface area contributed by atoms with Gasteiger partial charge in [0.05, 0.1) is 6.10 Å². The first-order valence-electron chi connectivity index (χ1n) is 6.42. The fourth-order valence-corrected chi connectivity index (χ4v) is 2.61. The van der Waals surface area contributed by atoms with Crippen LogP contribution in [0.5, 0.6) is 0 Å². The standard InChI is InChI=1S/C13H15ClFN3O4/c1-7(19)9-10(20)13(14,4-2-5-15)11(22-9)18-6-3-8(16)17-12(18)21/h3,6-7,9-11,19-20H,5H2,1H3,(H2,16,17,21)/t7-,9+,10-,11+,13?/m0/s1. The summed E-state index contributed by atoms with van der Waals surface area (Å²) in [6.45, 7) is 0.405. The first-order chi connectivity index (χ1) is 10.3. The number of alkyl halides is 2. The van der Waals surface area contributed by atoms with Gasteiger partial charge in [0.1, 0.15) is 24.7 Å². The Morgan fingerprint density at radius 1 is 1.73 bits per heavy atom. The highest BCUT2D eigenvalue weighted by atomic mass is 35.5. The van der Waals surface area contributed by atoms with Crippen LogP contribution in [0.25, 0.3) is 0 Å². The molecule has 22 heavy (non-hydrogen) atoms. The van der Waals surface area contributed by atoms with E-state index in [0.717, 1.165) is 4.57 Å². The van der Waals surface area contributed by atoms with Crippen LogP contribution in [-0.4, -0.2) is 49.6 Å². The van der Waals surface area contributed by atoms with Crippen LogP contribution < -0.4 is 11.4 Å². The minimum absolute atomic E-state index is 0.00175. The highest BCUT2D eigenvalue weighted by Gasteiger charge is 2.57. The zero-order valence-electron chi connectivity index (χ0n) is 11.6. The molecule has 9 heteroatoms. The Morgan fingerprint density at radius 2 is 2.41 bits per heavy atom. The van der Waals surface area contributed by atoms with Crippen LogP contribution in [-0.2, 0) is 4.74 Å². The van der Waals surface area contributed by atoms with Crippen molar-refractivity contribution in [2.45, 2.75) is 36.3 Å². The lowest BCUT2D eigenvalue weighted by atomic mass is 9.96. The van der Waals surface area contributed by atoms with E-state index in [1.54, 1.807) is 0 Å². The number of nitrogen functional groups attached to an aromatic ring is 1. The third kappa shape index (κ3) is 2.80. The summed E-state index contributed by atoms with van der Waals surface area (Å²) in [7, 11) is 0. The Balaban J connectivity index is 2.53. The Labute approximate surface area is 130 Å². The number of nitrogens with zero attached hydrogens (tertiary/aromatic N) is 2. The van der Waals surface area contributed by atoms with Gasteiger partial charge in [-0.1, -0.05) is 23.4 Å². The van der Waals surface area contributed by atoms with E-state index in [1.165, 1.54) is 19.2 Å². The SMILES string of the molecule is C[C@H](O)[C@H]1O[C@@H](n2ccc(N)nc2=O)C(Cl)(C#CCF)[C@H]1O. The van der Waals surface area contributed by atoms with Crippen LogP contribution in [0.1, 0.15) is 13.2 Å². The van der Waals surface area contributed by atoms with Gasteiger partial charge >= 0.3 is 5.69 Å². The molecular formula is C13H15ClFN3O4. The second kappa shape index (κ2) is 6.22. The minimum Gasteiger partial charge on any atom is -0.391 e. The summed E-state index contributed by atoms with van der Waals surface area (Å²) in [5, 5.41) is 19.9. The molecule has 5 atom stereocenters. The van der Waals surface area contributed by atoms with Gasteiger partial charge in [-0.25, -0.2) is 9.18 Å². The fourth-order valence-electron chi connectivity index (χ4n) is 2.26. The topological polar surface area (TPSA) is 111 Å². The molecule has 0 bridgehead atoms. The van der Waals surface area contributed by atoms with Gasteiger partial charge in [0.2, 0.25) is 0 Å². The maximum atomic E-state index is 12.4. The maximum Gasteiger partial charge on any atom is 0.351 e. The predicted octanol–water partition coefficient (Wildman–Crippen LogP) is -0.585. The molecule has 1 unspecified atom stereocenters. The molecule has 0 amide bonds. The summed E-state index contributed by atoms with van der Waals surface area (Å²) in [4.78, 5) is 13.7. The van der Waals surface area contributed by atoms with Crippen LogP contribution in [0.3, 0.4) is 0 Å². The van der Waals surface area contributed by atoms with Crippen LogP contribution in [0, 0.1) is 11.8 Å². The third-order valence-electron chi connectivity index (χ3n) is 3.31. The summed E-state index contributed by atoms with van der Waals surface area (Å²) < 4.78 is 18.8. The predicted molar refractivity (Wildman–Crippen MR) is 76.8 cm³/mol. The number of nitrogens with two attached hydrogens (primary N) is 1. The molecule has 1 fully saturated rings. The van der Waals surface area contributed by atoms with Crippen molar-refractivity contribution in [3.63, 3.8) is 0 Å². The number of halogens is 2. The number of hydrogen-bond acceptors (Lipinski definition) is 6. The molecule has 1 aromatic rings. The van der Waals surface area contributed by atoms with Gasteiger partial charge in [-0.3, -0.25) is 4.57 Å². The van der Waals surface area contributed by atoms with Gasteiger partial charge in [0.15, 0.2) is 11.1 Å². The zero-order chi connectivity index (χ0) is 16.5. The van der Waals surface area contributed by atoms with Gasteiger partial charge in [-0.15, -0.1) is 0 Å². The largest absolute Gasteiger partial charge is 0.391 e. The molecular weight excluding hydrogens is 317 g/mol. The van der Waals surface area contributed by atoms with Gasteiger partial charge < -0.3 is 20.7 Å². The normalized spacial score (nSPS) is 32.3. The smallest absolute Gasteiger partial charge is 0.351 e. The first-order valence-corrected chi connectivity index (χ1v) is 6.80. The van der Waals surface area contributed by atoms with E-state index in [0.29, 0.717) is 0 Å². The molecule has 0 aromatic carbocycles. The van der Waals surface area contributed by atoms with Crippen molar-refractivity contribution in [1.29, 1.82) is 0 Å². The van der Waals surface area contributed by atoms with Crippen molar-refractivity contribution in [3.05, 3.63) is 22.7 Å². The molecule has 0 saturated carbocycles. The van der Waals surface area contributed by atoms with Gasteiger partial charge in [-0.2, -0.15) is 4.98 Å². The number of aliphatic hydroxyl groups is 2. The van der Waals surface area contributed by atoms with Crippen molar-refractivity contribution < 1.29 is 19.3 Å². The van der Waals surface area contributed by atoms with Crippen LogP contribution in [0.15, 0.2) is 17.1 Å². The van der Waals surface area contributed by atoms with E-state index in [-0.39, 0.29) is 5.82 Å². The van der Waals surface area contributed by atoms with Crippen molar-refractivity contribution in [3.8, 4) is 11.8 Å². The minimum atomic E-state index is -1.81. The average Bonchev–Trinajstić information content (AvgIpc) is 2.70. The molecule has 1 saturated heterocycles. The van der Waals surface area contributed by atoms with Gasteiger partial charge in [0, 0.05) is 6.20 Å². The molecule has 0 radical (unpaired) electrons. The number of aliphatic hydroxyl groups excluding tert-OH is 2. The van der Waals surface area contributed by atoms with Crippen LogP contribution in [0.4, 0.5) is 10.2 Å². The Kier molecular flexibility index (Phi) is 4.72. The molecule has 0 spiro atoms. The number of aromatic nitrogens is 2. The number of ether oxygens (including phenoxy) is 1. The summed E-state index contributed by atoms with van der Waals surface area (Å²) in [5.41, 5.74) is 4.64. The summed E-state index contributed by atoms with van der Waals surface area (Å²) in [6, 6.07) is 1.34. The quantitative estimate of drug-likeness (QED) is 0.494. The van der Waals surface area contributed by atoms with E-state index in [4.69, 9.17) is 22.1 Å². The van der Waals surface area contributed by atoms with Crippen molar-refractivity contribution in [1.82, 2.24) is 9.55 Å². The highest BCUT2D eigenvalue weighted by molar-refractivity contribution is 6.27. The number of anilines is 1. The molecule has 1 aliphatic rings. The van der Waals surface area contributed by atoms with E-state index >= 15 is 0 Å². The fraction of sp³-hybridized carbons (Fsp3) is 0.538. The van der Waals surface area contributed by atoms with E-state index < -0.39 is 41.8 Å². The van der Waals surface area contributed by atoms with E-state index in [9.17, 15) is 19.4 Å². The van der Waals surface area contributed by atoms with E-state index in [2.05, 4.69) is 16.8 Å². The molecule has 1 aliphatic heterocycles. The zero-order valence-corrected chi connectivity index (χ0v) is 12.4. The second-order valence-electron chi connectivity index (χ2n) is 4.88. The summed E-state index contributed by atoms with van der Waals surface area (Å²) in [5.74, 6) is 4.49. The van der Waals surface area contributed by atoms with Crippen molar-refractivity contribution in [2.24, 2.45) is 0 Å². The summed E-state index contributed by atoms with van der Waals surface area (Å²) >= 11 is 6.31. The molecule has 120 valence electrons. The molecule has 2 heterocycles. The van der Waals surface area contributed by atoms with Crippen LogP contribution in [0.2, 0.25) is 0 Å². The summed E-state index contributed by atoms with van der Waals surface area (Å²) in [6.07, 6.45) is -3.60. The average molecular weight is 332 g/mol. The van der Waals surface area contributed by atoms with Crippen molar-refractivity contribution in [2.75, 3.05) is 12.4 Å². The van der Waals surface area contributed by atoms with Gasteiger partial charge in [0.25, 0.3) is 0 Å². The van der Waals surface area contributed by atoms with Gasteiger partial charge in [-0.05, 0) is 13.0 Å². The van der Waals surface area contributed by atoms with Crippen LogP contribution >= 0.6 is 11.6 Å². The second-order valence-corrected chi connectivity index (χ2v) is 5.51. The highest BCUT2D eigenvalue weighted by Crippen LogP contribution is 2.43. The lowest BCUT2D eigenvalue weighted by Gasteiger charge is -2.25. The lowest BCUT2D eigenvalue weighted by Crippen LogP contribution is -2.44. The molecule has 0 aliphatic carbocycles. The van der Waals surface area contributed by atoms with Crippen molar-refractivity contribution >= 4 is 17.4 Å². The Hall–Kier alpha value is -1.66. The first kappa shape index (κ1) is 16.7.